The van der Waals surface area contributed by atoms with Crippen molar-refractivity contribution in [2.24, 2.45) is 5.10 Å². The number of anilines is 1. The number of rotatable bonds is 6. The molecule has 2 aromatic carbocycles. The van der Waals surface area contributed by atoms with Gasteiger partial charge in [-0.05, 0) is 30.7 Å². The summed E-state index contributed by atoms with van der Waals surface area (Å²) in [4.78, 5) is 0. The molecule has 0 radical (unpaired) electrons. The van der Waals surface area contributed by atoms with Crippen LogP contribution >= 0.6 is 0 Å². The fourth-order valence-electron chi connectivity index (χ4n) is 2.97. The third-order valence-electron chi connectivity index (χ3n) is 4.31. The number of halogens is 1. The largest absolute Gasteiger partial charge is 0.284 e. The van der Waals surface area contributed by atoms with Crippen LogP contribution in [0.3, 0.4) is 0 Å². The predicted molar refractivity (Wildman–Crippen MR) is 107 cm³/mol. The van der Waals surface area contributed by atoms with E-state index < -0.39 is 31.9 Å². The third-order valence-corrected chi connectivity index (χ3v) is 6.55. The molecule has 0 aromatic heterocycles. The standard InChI is InChI=1S/C18H20FN3O4S2/c1-3-28(25,26)22-18(15-6-4-5-7-16(15)19)12-17(20-22)13-8-10-14(11-9-13)21-27(2,23)24/h4-11,18,21H,3,12H2,1-2H3. The maximum atomic E-state index is 14.3. The van der Waals surface area contributed by atoms with Crippen LogP contribution < -0.4 is 4.72 Å². The molecular weight excluding hydrogens is 405 g/mol. The first-order valence-corrected chi connectivity index (χ1v) is 12.0. The molecule has 1 atom stereocenters. The van der Waals surface area contributed by atoms with E-state index in [9.17, 15) is 21.2 Å². The van der Waals surface area contributed by atoms with Crippen LogP contribution in [0, 0.1) is 5.82 Å². The van der Waals surface area contributed by atoms with Crippen LogP contribution in [0.4, 0.5) is 10.1 Å². The highest BCUT2D eigenvalue weighted by Gasteiger charge is 2.37. The van der Waals surface area contributed by atoms with Crippen molar-refractivity contribution in [3.63, 3.8) is 0 Å². The first-order chi connectivity index (χ1) is 13.1. The Bertz CT molecular complexity index is 1110. The van der Waals surface area contributed by atoms with Gasteiger partial charge >= 0.3 is 0 Å². The summed E-state index contributed by atoms with van der Waals surface area (Å²) in [6, 6.07) is 11.7. The molecule has 3 rings (SSSR count). The molecule has 1 heterocycles. The summed E-state index contributed by atoms with van der Waals surface area (Å²) in [5, 5.41) is 4.26. The molecule has 7 nitrogen and oxygen atoms in total. The lowest BCUT2D eigenvalue weighted by Crippen LogP contribution is -2.29. The molecular formula is C18H20FN3O4S2. The molecule has 28 heavy (non-hydrogen) atoms. The Balaban J connectivity index is 1.96. The highest BCUT2D eigenvalue weighted by atomic mass is 32.2. The maximum absolute atomic E-state index is 14.3. The Labute approximate surface area is 164 Å². The average molecular weight is 426 g/mol. The van der Waals surface area contributed by atoms with Gasteiger partial charge in [0.2, 0.25) is 20.0 Å². The van der Waals surface area contributed by atoms with Crippen molar-refractivity contribution in [1.29, 1.82) is 0 Å². The number of benzene rings is 2. The van der Waals surface area contributed by atoms with Crippen LogP contribution in [0.1, 0.15) is 30.5 Å². The lowest BCUT2D eigenvalue weighted by Gasteiger charge is -2.23. The van der Waals surface area contributed by atoms with Gasteiger partial charge in [-0.1, -0.05) is 30.3 Å². The third kappa shape index (κ3) is 4.33. The highest BCUT2D eigenvalue weighted by Crippen LogP contribution is 2.36. The summed E-state index contributed by atoms with van der Waals surface area (Å²) >= 11 is 0. The summed E-state index contributed by atoms with van der Waals surface area (Å²) in [6.07, 6.45) is 1.26. The molecule has 0 aliphatic carbocycles. The zero-order chi connectivity index (χ0) is 20.5. The van der Waals surface area contributed by atoms with E-state index in [1.807, 2.05) is 0 Å². The lowest BCUT2D eigenvalue weighted by molar-refractivity contribution is 0.363. The van der Waals surface area contributed by atoms with Crippen LogP contribution in [0.5, 0.6) is 0 Å². The summed E-state index contributed by atoms with van der Waals surface area (Å²) < 4.78 is 65.3. The van der Waals surface area contributed by atoms with Gasteiger partial charge in [-0.2, -0.15) is 9.52 Å². The number of nitrogens with zero attached hydrogens (tertiary/aromatic N) is 2. The average Bonchev–Trinajstić information content (AvgIpc) is 3.07. The molecule has 1 unspecified atom stereocenters. The molecule has 0 bridgehead atoms. The van der Waals surface area contributed by atoms with Crippen molar-refractivity contribution in [2.75, 3.05) is 16.7 Å². The van der Waals surface area contributed by atoms with E-state index in [-0.39, 0.29) is 17.7 Å². The number of hydrogen-bond donors (Lipinski definition) is 1. The molecule has 0 fully saturated rings. The molecule has 0 saturated heterocycles. The van der Waals surface area contributed by atoms with Crippen molar-refractivity contribution in [2.45, 2.75) is 19.4 Å². The SMILES string of the molecule is CCS(=O)(=O)N1N=C(c2ccc(NS(C)(=O)=O)cc2)CC1c1ccccc1F. The van der Waals surface area contributed by atoms with Crippen LogP contribution in [0.25, 0.3) is 0 Å². The molecule has 1 aliphatic rings. The van der Waals surface area contributed by atoms with Crippen LogP contribution in [-0.4, -0.2) is 39.0 Å². The second kappa shape index (κ2) is 7.51. The molecule has 1 N–H and O–H groups in total. The van der Waals surface area contributed by atoms with E-state index in [1.165, 1.54) is 13.0 Å². The van der Waals surface area contributed by atoms with Gasteiger partial charge < -0.3 is 0 Å². The van der Waals surface area contributed by atoms with E-state index in [0.29, 0.717) is 17.0 Å². The normalized spacial score (nSPS) is 17.5. The maximum Gasteiger partial charge on any atom is 0.250 e. The Morgan fingerprint density at radius 2 is 1.75 bits per heavy atom. The van der Waals surface area contributed by atoms with Crippen molar-refractivity contribution in [3.8, 4) is 0 Å². The van der Waals surface area contributed by atoms with Gasteiger partial charge in [-0.15, -0.1) is 0 Å². The molecule has 0 saturated carbocycles. The Morgan fingerprint density at radius 3 is 2.32 bits per heavy atom. The minimum atomic E-state index is -3.70. The van der Waals surface area contributed by atoms with Crippen molar-refractivity contribution >= 4 is 31.4 Å². The van der Waals surface area contributed by atoms with E-state index in [1.54, 1.807) is 42.5 Å². The van der Waals surface area contributed by atoms with Gasteiger partial charge in [0.25, 0.3) is 0 Å². The van der Waals surface area contributed by atoms with Crippen molar-refractivity contribution in [1.82, 2.24) is 4.41 Å². The summed E-state index contributed by atoms with van der Waals surface area (Å²) in [5.41, 5.74) is 1.76. The van der Waals surface area contributed by atoms with Gasteiger partial charge in [-0.3, -0.25) is 4.72 Å². The summed E-state index contributed by atoms with van der Waals surface area (Å²) in [7, 11) is -7.10. The Hall–Kier alpha value is -2.46. The number of nitrogens with one attached hydrogen (secondary N) is 1. The molecule has 10 heteroatoms. The Morgan fingerprint density at radius 1 is 1.11 bits per heavy atom. The van der Waals surface area contributed by atoms with E-state index in [2.05, 4.69) is 9.82 Å². The van der Waals surface area contributed by atoms with Crippen molar-refractivity contribution < 1.29 is 21.2 Å². The van der Waals surface area contributed by atoms with Gasteiger partial charge in [0.05, 0.1) is 23.8 Å². The predicted octanol–water partition coefficient (Wildman–Crippen LogP) is 2.70. The highest BCUT2D eigenvalue weighted by molar-refractivity contribution is 7.92. The van der Waals surface area contributed by atoms with E-state index in [0.717, 1.165) is 10.7 Å². The molecule has 0 amide bonds. The minimum absolute atomic E-state index is 0.161. The summed E-state index contributed by atoms with van der Waals surface area (Å²) in [5.74, 6) is -0.653. The monoisotopic (exact) mass is 425 g/mol. The zero-order valence-electron chi connectivity index (χ0n) is 15.3. The van der Waals surface area contributed by atoms with Gasteiger partial charge in [0.15, 0.2) is 0 Å². The molecule has 2 aromatic rings. The first kappa shape index (κ1) is 20.3. The smallest absolute Gasteiger partial charge is 0.250 e. The zero-order valence-corrected chi connectivity index (χ0v) is 17.0. The van der Waals surface area contributed by atoms with Gasteiger partial charge in [0, 0.05) is 17.7 Å². The van der Waals surface area contributed by atoms with E-state index >= 15 is 0 Å². The minimum Gasteiger partial charge on any atom is -0.284 e. The quantitative estimate of drug-likeness (QED) is 0.770. The van der Waals surface area contributed by atoms with Crippen LogP contribution in [0.2, 0.25) is 0 Å². The molecule has 1 aliphatic heterocycles. The molecule has 150 valence electrons. The first-order valence-electron chi connectivity index (χ1n) is 8.53. The topological polar surface area (TPSA) is 95.9 Å². The second-order valence-electron chi connectivity index (χ2n) is 6.41. The van der Waals surface area contributed by atoms with Crippen molar-refractivity contribution in [3.05, 3.63) is 65.5 Å². The number of sulfonamides is 2. The van der Waals surface area contributed by atoms with Crippen LogP contribution in [0.15, 0.2) is 53.6 Å². The van der Waals surface area contributed by atoms with E-state index in [4.69, 9.17) is 0 Å². The number of hydrazone groups is 1. The van der Waals surface area contributed by atoms with Gasteiger partial charge in [-0.25, -0.2) is 21.2 Å². The summed E-state index contributed by atoms with van der Waals surface area (Å²) in [6.45, 7) is 1.51. The molecule has 0 spiro atoms. The fraction of sp³-hybridized carbons (Fsp3) is 0.278. The Kier molecular flexibility index (Phi) is 5.44. The van der Waals surface area contributed by atoms with Crippen LogP contribution in [-0.2, 0) is 20.0 Å². The lowest BCUT2D eigenvalue weighted by atomic mass is 9.99. The van der Waals surface area contributed by atoms with Gasteiger partial charge in [0.1, 0.15) is 5.82 Å². The number of hydrogen-bond acceptors (Lipinski definition) is 5. The second-order valence-corrected chi connectivity index (χ2v) is 10.3. The fourth-order valence-corrected chi connectivity index (χ4v) is 4.60.